The molecule has 0 bridgehead atoms. The van der Waals surface area contributed by atoms with Gasteiger partial charge in [-0.15, -0.1) is 0 Å². The van der Waals surface area contributed by atoms with Gasteiger partial charge in [-0.05, 0) is 44.2 Å². The predicted molar refractivity (Wildman–Crippen MR) is 146 cm³/mol. The molecule has 8 nitrogen and oxygen atoms in total. The number of aryl methyl sites for hydroxylation is 1. The molecule has 0 unspecified atom stereocenters. The van der Waals surface area contributed by atoms with E-state index in [0.717, 1.165) is 16.9 Å². The second-order valence-corrected chi connectivity index (χ2v) is 8.65. The van der Waals surface area contributed by atoms with Crippen molar-refractivity contribution in [1.29, 1.82) is 0 Å². The smallest absolute Gasteiger partial charge is 0.295 e. The van der Waals surface area contributed by atoms with E-state index in [1.54, 1.807) is 36.9 Å². The third-order valence-corrected chi connectivity index (χ3v) is 6.10. The summed E-state index contributed by atoms with van der Waals surface area (Å²) in [6.45, 7) is 3.64. The predicted octanol–water partition coefficient (Wildman–Crippen LogP) is 5.25. The standard InChI is InChI=1S/C29H26N6O2/c1-19-27(29(37)35(34(19)3)24-15-8-5-9-16-24)33-28(36)22-13-10-14-23(17-22)32-26-18-25(30-20(2)31-26)21-11-6-4-7-12-21/h4-18H,1-3H3,(H,33,36)(H,30,31,32). The molecule has 0 fully saturated rings. The summed E-state index contributed by atoms with van der Waals surface area (Å²) in [5.74, 6) is 0.874. The minimum absolute atomic E-state index is 0.244. The Balaban J connectivity index is 1.39. The highest BCUT2D eigenvalue weighted by Gasteiger charge is 2.19. The minimum Gasteiger partial charge on any atom is -0.340 e. The van der Waals surface area contributed by atoms with Gasteiger partial charge in [-0.25, -0.2) is 14.6 Å². The van der Waals surface area contributed by atoms with Crippen LogP contribution in [0.2, 0.25) is 0 Å². The van der Waals surface area contributed by atoms with Gasteiger partial charge in [0.05, 0.1) is 17.1 Å². The summed E-state index contributed by atoms with van der Waals surface area (Å²) in [5, 5.41) is 6.08. The van der Waals surface area contributed by atoms with Crippen molar-refractivity contribution >= 4 is 23.1 Å². The molecule has 0 aliphatic heterocycles. The van der Waals surface area contributed by atoms with Gasteiger partial charge in [-0.1, -0.05) is 54.6 Å². The fraction of sp³-hybridized carbons (Fsp3) is 0.103. The zero-order valence-electron chi connectivity index (χ0n) is 20.8. The monoisotopic (exact) mass is 490 g/mol. The number of anilines is 3. The first-order chi connectivity index (χ1) is 17.9. The van der Waals surface area contributed by atoms with Crippen LogP contribution in [-0.4, -0.2) is 25.2 Å². The molecule has 0 atom stereocenters. The Labute approximate surface area is 214 Å². The van der Waals surface area contributed by atoms with Crippen LogP contribution in [0.5, 0.6) is 0 Å². The molecule has 0 spiro atoms. The lowest BCUT2D eigenvalue weighted by Crippen LogP contribution is -2.23. The molecule has 8 heteroatoms. The molecule has 2 heterocycles. The number of hydrogen-bond acceptors (Lipinski definition) is 5. The molecule has 2 aromatic heterocycles. The molecule has 0 saturated carbocycles. The third kappa shape index (κ3) is 4.90. The summed E-state index contributed by atoms with van der Waals surface area (Å²) in [6.07, 6.45) is 0. The van der Waals surface area contributed by atoms with E-state index in [4.69, 9.17) is 0 Å². The minimum atomic E-state index is -0.376. The van der Waals surface area contributed by atoms with Crippen molar-refractivity contribution in [2.24, 2.45) is 7.05 Å². The number of carbonyl (C=O) groups excluding carboxylic acids is 1. The SMILES string of the molecule is Cc1nc(Nc2cccc(C(=O)Nc3c(C)n(C)n(-c4ccccc4)c3=O)c2)cc(-c2ccccc2)n1. The molecule has 3 aromatic carbocycles. The van der Waals surface area contributed by atoms with Crippen LogP contribution in [0.15, 0.2) is 95.8 Å². The number of aromatic nitrogens is 4. The highest BCUT2D eigenvalue weighted by atomic mass is 16.2. The van der Waals surface area contributed by atoms with Crippen LogP contribution in [0.3, 0.4) is 0 Å². The molecule has 5 rings (SSSR count). The maximum absolute atomic E-state index is 13.2. The van der Waals surface area contributed by atoms with Gasteiger partial charge in [-0.2, -0.15) is 0 Å². The second kappa shape index (κ2) is 9.94. The van der Waals surface area contributed by atoms with E-state index < -0.39 is 0 Å². The number of hydrogen-bond donors (Lipinski definition) is 2. The van der Waals surface area contributed by atoms with Crippen LogP contribution in [0.4, 0.5) is 17.2 Å². The van der Waals surface area contributed by atoms with Gasteiger partial charge in [0.1, 0.15) is 17.3 Å². The molecular formula is C29H26N6O2. The molecule has 0 radical (unpaired) electrons. The molecule has 2 N–H and O–H groups in total. The van der Waals surface area contributed by atoms with Gasteiger partial charge >= 0.3 is 0 Å². The molecule has 5 aromatic rings. The maximum Gasteiger partial charge on any atom is 0.295 e. The van der Waals surface area contributed by atoms with E-state index in [9.17, 15) is 9.59 Å². The number of nitrogens with one attached hydrogen (secondary N) is 2. The second-order valence-electron chi connectivity index (χ2n) is 8.65. The van der Waals surface area contributed by atoms with Gasteiger partial charge in [0, 0.05) is 29.9 Å². The van der Waals surface area contributed by atoms with Crippen LogP contribution in [-0.2, 0) is 7.05 Å². The van der Waals surface area contributed by atoms with Gasteiger partial charge in [0.15, 0.2) is 0 Å². The van der Waals surface area contributed by atoms with Crippen LogP contribution in [0.25, 0.3) is 16.9 Å². The molecule has 184 valence electrons. The van der Waals surface area contributed by atoms with E-state index in [0.29, 0.717) is 28.6 Å². The fourth-order valence-electron chi connectivity index (χ4n) is 4.17. The van der Waals surface area contributed by atoms with Gasteiger partial charge in [-0.3, -0.25) is 14.3 Å². The highest BCUT2D eigenvalue weighted by Crippen LogP contribution is 2.23. The quantitative estimate of drug-likeness (QED) is 0.339. The first kappa shape index (κ1) is 23.7. The van der Waals surface area contributed by atoms with Gasteiger partial charge in [0.25, 0.3) is 11.5 Å². The Morgan fingerprint density at radius 2 is 1.54 bits per heavy atom. The van der Waals surface area contributed by atoms with E-state index in [1.807, 2.05) is 79.7 Å². The average Bonchev–Trinajstić information content (AvgIpc) is 3.12. The lowest BCUT2D eigenvalue weighted by molar-refractivity contribution is 0.102. The Morgan fingerprint density at radius 3 is 2.27 bits per heavy atom. The van der Waals surface area contributed by atoms with E-state index in [2.05, 4.69) is 20.6 Å². The number of carbonyl (C=O) groups is 1. The summed E-state index contributed by atoms with van der Waals surface area (Å²) < 4.78 is 3.26. The first-order valence-electron chi connectivity index (χ1n) is 11.8. The van der Waals surface area contributed by atoms with Crippen LogP contribution < -0.4 is 16.2 Å². The van der Waals surface area contributed by atoms with E-state index >= 15 is 0 Å². The summed E-state index contributed by atoms with van der Waals surface area (Å²) in [4.78, 5) is 35.3. The third-order valence-electron chi connectivity index (χ3n) is 6.10. The number of amides is 1. The summed E-state index contributed by atoms with van der Waals surface area (Å²) in [7, 11) is 1.79. The van der Waals surface area contributed by atoms with Crippen molar-refractivity contribution in [3.05, 3.63) is 118 Å². The molecule has 0 aliphatic rings. The maximum atomic E-state index is 13.2. The molecule has 1 amide bonds. The largest absolute Gasteiger partial charge is 0.340 e. The highest BCUT2D eigenvalue weighted by molar-refractivity contribution is 6.05. The van der Waals surface area contributed by atoms with Crippen molar-refractivity contribution in [1.82, 2.24) is 19.3 Å². The summed E-state index contributed by atoms with van der Waals surface area (Å²) >= 11 is 0. The fourth-order valence-corrected chi connectivity index (χ4v) is 4.17. The topological polar surface area (TPSA) is 93.8 Å². The Kier molecular flexibility index (Phi) is 6.38. The average molecular weight is 491 g/mol. The summed E-state index contributed by atoms with van der Waals surface area (Å²) in [6, 6.07) is 28.1. The lowest BCUT2D eigenvalue weighted by Gasteiger charge is -2.10. The van der Waals surface area contributed by atoms with Gasteiger partial charge in [0.2, 0.25) is 0 Å². The Morgan fingerprint density at radius 1 is 0.838 bits per heavy atom. The Bertz CT molecular complexity index is 1640. The van der Waals surface area contributed by atoms with Gasteiger partial charge < -0.3 is 10.6 Å². The zero-order valence-corrected chi connectivity index (χ0v) is 20.8. The number of nitrogens with zero attached hydrogens (tertiary/aromatic N) is 4. The van der Waals surface area contributed by atoms with Crippen LogP contribution in [0.1, 0.15) is 21.9 Å². The van der Waals surface area contributed by atoms with Crippen molar-refractivity contribution in [2.45, 2.75) is 13.8 Å². The molecule has 0 aliphatic carbocycles. The van der Waals surface area contributed by atoms with Crippen molar-refractivity contribution < 1.29 is 4.79 Å². The zero-order chi connectivity index (χ0) is 25.9. The van der Waals surface area contributed by atoms with Crippen LogP contribution in [0, 0.1) is 13.8 Å². The molecular weight excluding hydrogens is 464 g/mol. The lowest BCUT2D eigenvalue weighted by atomic mass is 10.1. The number of rotatable bonds is 6. The van der Waals surface area contributed by atoms with E-state index in [-0.39, 0.29) is 17.2 Å². The Hall–Kier alpha value is -4.98. The summed E-state index contributed by atoms with van der Waals surface area (Å²) in [5.41, 5.74) is 4.22. The molecule has 0 saturated heterocycles. The number of para-hydroxylation sites is 1. The number of benzene rings is 3. The van der Waals surface area contributed by atoms with Crippen molar-refractivity contribution in [3.8, 4) is 16.9 Å². The van der Waals surface area contributed by atoms with E-state index in [1.165, 1.54) is 4.68 Å². The molecule has 37 heavy (non-hydrogen) atoms. The van der Waals surface area contributed by atoms with Crippen molar-refractivity contribution in [3.63, 3.8) is 0 Å². The first-order valence-corrected chi connectivity index (χ1v) is 11.8. The van der Waals surface area contributed by atoms with Crippen molar-refractivity contribution in [2.75, 3.05) is 10.6 Å². The normalized spacial score (nSPS) is 10.8. The van der Waals surface area contributed by atoms with Crippen LogP contribution >= 0.6 is 0 Å².